The Balaban J connectivity index is 1.68. The second-order valence-electron chi connectivity index (χ2n) is 7.71. The molecule has 7 nitrogen and oxygen atoms in total. The number of carbonyl (C=O) groups is 1. The number of nitrogens with zero attached hydrogens (tertiary/aromatic N) is 2. The van der Waals surface area contributed by atoms with Crippen LogP contribution in [0.3, 0.4) is 0 Å². The standard InChI is InChI=1S/C21H32N2O5S/c1-3-17-4-6-20(7-5-17)29(25,26)22-12-8-18(9-13-22)23(21(24)16-27-2)19-10-14-28-15-11-19/h4-7,18-19H,3,8-16H2,1-2H3. The fourth-order valence-electron chi connectivity index (χ4n) is 4.27. The molecule has 0 N–H and O–H groups in total. The predicted molar refractivity (Wildman–Crippen MR) is 110 cm³/mol. The van der Waals surface area contributed by atoms with E-state index in [0.29, 0.717) is 44.0 Å². The number of sulfonamides is 1. The average Bonchev–Trinajstić information content (AvgIpc) is 2.75. The Hall–Kier alpha value is -1.48. The zero-order valence-corrected chi connectivity index (χ0v) is 18.2. The third-order valence-corrected chi connectivity index (χ3v) is 7.84. The molecule has 0 radical (unpaired) electrons. The van der Waals surface area contributed by atoms with E-state index in [1.165, 1.54) is 7.11 Å². The number of amides is 1. The first-order valence-corrected chi connectivity index (χ1v) is 11.9. The Labute approximate surface area is 174 Å². The summed E-state index contributed by atoms with van der Waals surface area (Å²) in [6, 6.07) is 7.30. The molecule has 1 aromatic rings. The number of aryl methyl sites for hydroxylation is 1. The highest BCUT2D eigenvalue weighted by molar-refractivity contribution is 7.89. The minimum absolute atomic E-state index is 0.0177. The van der Waals surface area contributed by atoms with Gasteiger partial charge in [-0.15, -0.1) is 0 Å². The van der Waals surface area contributed by atoms with E-state index in [1.54, 1.807) is 16.4 Å². The molecule has 0 saturated carbocycles. The van der Waals surface area contributed by atoms with Crippen LogP contribution in [0.15, 0.2) is 29.2 Å². The quantitative estimate of drug-likeness (QED) is 0.670. The van der Waals surface area contributed by atoms with Crippen molar-refractivity contribution in [1.82, 2.24) is 9.21 Å². The van der Waals surface area contributed by atoms with Crippen LogP contribution in [0.1, 0.15) is 38.2 Å². The molecule has 2 heterocycles. The lowest BCUT2D eigenvalue weighted by molar-refractivity contribution is -0.143. The lowest BCUT2D eigenvalue weighted by Gasteiger charge is -2.43. The van der Waals surface area contributed by atoms with Gasteiger partial charge < -0.3 is 14.4 Å². The summed E-state index contributed by atoms with van der Waals surface area (Å²) in [5.41, 5.74) is 1.12. The van der Waals surface area contributed by atoms with Crippen LogP contribution in [0.5, 0.6) is 0 Å². The fourth-order valence-corrected chi connectivity index (χ4v) is 5.74. The Morgan fingerprint density at radius 3 is 2.24 bits per heavy atom. The van der Waals surface area contributed by atoms with Gasteiger partial charge in [0.2, 0.25) is 15.9 Å². The molecule has 2 aliphatic rings. The summed E-state index contributed by atoms with van der Waals surface area (Å²) in [5, 5.41) is 0. The van der Waals surface area contributed by atoms with E-state index in [-0.39, 0.29) is 24.6 Å². The van der Waals surface area contributed by atoms with E-state index >= 15 is 0 Å². The van der Waals surface area contributed by atoms with Crippen LogP contribution >= 0.6 is 0 Å². The van der Waals surface area contributed by atoms with Gasteiger partial charge in [-0.25, -0.2) is 8.42 Å². The van der Waals surface area contributed by atoms with E-state index in [0.717, 1.165) is 24.8 Å². The van der Waals surface area contributed by atoms with Gasteiger partial charge in [-0.3, -0.25) is 4.79 Å². The van der Waals surface area contributed by atoms with E-state index in [4.69, 9.17) is 9.47 Å². The smallest absolute Gasteiger partial charge is 0.249 e. The molecule has 3 rings (SSSR count). The molecule has 162 valence electrons. The van der Waals surface area contributed by atoms with Gasteiger partial charge >= 0.3 is 0 Å². The van der Waals surface area contributed by atoms with Crippen LogP contribution in [0.4, 0.5) is 0 Å². The summed E-state index contributed by atoms with van der Waals surface area (Å²) in [7, 11) is -1.98. The average molecular weight is 425 g/mol. The summed E-state index contributed by atoms with van der Waals surface area (Å²) in [5.74, 6) is -0.0177. The first-order valence-electron chi connectivity index (χ1n) is 10.4. The number of piperidine rings is 1. The SMILES string of the molecule is CCc1ccc(S(=O)(=O)N2CCC(N(C(=O)COC)C3CCOCC3)CC2)cc1. The minimum atomic E-state index is -3.51. The largest absolute Gasteiger partial charge is 0.381 e. The molecule has 8 heteroatoms. The highest BCUT2D eigenvalue weighted by atomic mass is 32.2. The third kappa shape index (κ3) is 5.17. The van der Waals surface area contributed by atoms with Crippen molar-refractivity contribution in [3.63, 3.8) is 0 Å². The van der Waals surface area contributed by atoms with E-state index in [9.17, 15) is 13.2 Å². The number of rotatable bonds is 7. The van der Waals surface area contributed by atoms with Gasteiger partial charge in [-0.1, -0.05) is 19.1 Å². The maximum atomic E-state index is 13.0. The van der Waals surface area contributed by atoms with Gasteiger partial charge in [0, 0.05) is 45.5 Å². The maximum Gasteiger partial charge on any atom is 0.249 e. The number of ether oxygens (including phenoxy) is 2. The Morgan fingerprint density at radius 1 is 1.10 bits per heavy atom. The molecule has 0 spiro atoms. The molecule has 29 heavy (non-hydrogen) atoms. The highest BCUT2D eigenvalue weighted by Crippen LogP contribution is 2.27. The molecule has 0 unspecified atom stereocenters. The second kappa shape index (κ2) is 10.0. The summed E-state index contributed by atoms with van der Waals surface area (Å²) in [4.78, 5) is 15.0. The third-order valence-electron chi connectivity index (χ3n) is 5.93. The molecule has 0 atom stereocenters. The van der Waals surface area contributed by atoms with Crippen molar-refractivity contribution in [3.8, 4) is 0 Å². The molecular weight excluding hydrogens is 392 g/mol. The van der Waals surface area contributed by atoms with Crippen LogP contribution in [0, 0.1) is 0 Å². The minimum Gasteiger partial charge on any atom is -0.381 e. The number of carbonyl (C=O) groups excluding carboxylic acids is 1. The lowest BCUT2D eigenvalue weighted by Crippen LogP contribution is -2.54. The zero-order valence-electron chi connectivity index (χ0n) is 17.4. The normalized spacial score (nSPS) is 19.9. The van der Waals surface area contributed by atoms with Crippen molar-refractivity contribution in [1.29, 1.82) is 0 Å². The second-order valence-corrected chi connectivity index (χ2v) is 9.65. The molecule has 0 aliphatic carbocycles. The van der Waals surface area contributed by atoms with Gasteiger partial charge in [0.05, 0.1) is 4.90 Å². The molecule has 2 saturated heterocycles. The first kappa shape index (κ1) is 22.2. The van der Waals surface area contributed by atoms with E-state index in [1.807, 2.05) is 24.0 Å². The molecule has 0 bridgehead atoms. The predicted octanol–water partition coefficient (Wildman–Crippen LogP) is 2.06. The summed E-state index contributed by atoms with van der Waals surface area (Å²) in [6.07, 6.45) is 3.79. The van der Waals surface area contributed by atoms with Gasteiger partial charge in [-0.2, -0.15) is 4.31 Å². The summed E-state index contributed by atoms with van der Waals surface area (Å²) < 4.78 is 38.1. The van der Waals surface area contributed by atoms with Crippen LogP contribution in [-0.4, -0.2) is 75.6 Å². The van der Waals surface area contributed by atoms with Crippen LogP contribution in [0.25, 0.3) is 0 Å². The van der Waals surface area contributed by atoms with Crippen molar-refractivity contribution in [2.24, 2.45) is 0 Å². The molecule has 0 aromatic heterocycles. The van der Waals surface area contributed by atoms with Crippen LogP contribution < -0.4 is 0 Å². The first-order chi connectivity index (χ1) is 14.0. The van der Waals surface area contributed by atoms with Crippen molar-refractivity contribution in [2.45, 2.75) is 56.0 Å². The highest BCUT2D eigenvalue weighted by Gasteiger charge is 2.36. The summed E-state index contributed by atoms with van der Waals surface area (Å²) in [6.45, 7) is 4.25. The molecule has 2 fully saturated rings. The van der Waals surface area contributed by atoms with Crippen molar-refractivity contribution < 1.29 is 22.7 Å². The van der Waals surface area contributed by atoms with Crippen LogP contribution in [-0.2, 0) is 30.7 Å². The molecule has 1 aromatic carbocycles. The maximum absolute atomic E-state index is 13.0. The monoisotopic (exact) mass is 424 g/mol. The van der Waals surface area contributed by atoms with E-state index in [2.05, 4.69) is 0 Å². The number of benzene rings is 1. The van der Waals surface area contributed by atoms with Crippen molar-refractivity contribution in [3.05, 3.63) is 29.8 Å². The number of hydrogen-bond acceptors (Lipinski definition) is 5. The molecule has 1 amide bonds. The van der Waals surface area contributed by atoms with Crippen molar-refractivity contribution in [2.75, 3.05) is 40.0 Å². The van der Waals surface area contributed by atoms with Gasteiger partial charge in [-0.05, 0) is 49.8 Å². The molecule has 2 aliphatic heterocycles. The number of methoxy groups -OCH3 is 1. The summed E-state index contributed by atoms with van der Waals surface area (Å²) >= 11 is 0. The Bertz CT molecular complexity index is 767. The molecular formula is C21H32N2O5S. The van der Waals surface area contributed by atoms with Gasteiger partial charge in [0.1, 0.15) is 6.61 Å². The Kier molecular flexibility index (Phi) is 7.67. The topological polar surface area (TPSA) is 76.2 Å². The number of hydrogen-bond donors (Lipinski definition) is 0. The van der Waals surface area contributed by atoms with Gasteiger partial charge in [0.25, 0.3) is 0 Å². The van der Waals surface area contributed by atoms with Gasteiger partial charge in [0.15, 0.2) is 0 Å². The zero-order chi connectivity index (χ0) is 20.9. The fraction of sp³-hybridized carbons (Fsp3) is 0.667. The van der Waals surface area contributed by atoms with Crippen molar-refractivity contribution >= 4 is 15.9 Å². The van der Waals surface area contributed by atoms with E-state index < -0.39 is 10.0 Å². The Morgan fingerprint density at radius 2 is 1.69 bits per heavy atom. The lowest BCUT2D eigenvalue weighted by atomic mass is 9.98. The van der Waals surface area contributed by atoms with Crippen LogP contribution in [0.2, 0.25) is 0 Å².